The Balaban J connectivity index is 3.05. The summed E-state index contributed by atoms with van der Waals surface area (Å²) in [6.07, 6.45) is 0. The van der Waals surface area contributed by atoms with E-state index in [0.717, 1.165) is 11.3 Å². The first kappa shape index (κ1) is 10.4. The summed E-state index contributed by atoms with van der Waals surface area (Å²) >= 11 is 5.76. The van der Waals surface area contributed by atoms with Crippen LogP contribution in [-0.2, 0) is 5.88 Å². The highest BCUT2D eigenvalue weighted by atomic mass is 35.5. The van der Waals surface area contributed by atoms with Gasteiger partial charge in [-0.1, -0.05) is 26.0 Å². The van der Waals surface area contributed by atoms with E-state index in [1.807, 2.05) is 6.07 Å². The molecule has 1 rings (SSSR count). The van der Waals surface area contributed by atoms with Gasteiger partial charge in [-0.05, 0) is 17.5 Å². The first-order valence-corrected chi connectivity index (χ1v) is 4.95. The lowest BCUT2D eigenvalue weighted by Gasteiger charge is -2.10. The molecule has 0 bridgehead atoms. The van der Waals surface area contributed by atoms with Crippen molar-refractivity contribution in [1.29, 1.82) is 0 Å². The van der Waals surface area contributed by atoms with Gasteiger partial charge in [-0.25, -0.2) is 0 Å². The average Bonchev–Trinajstić information content (AvgIpc) is 2.16. The average molecular weight is 199 g/mol. The van der Waals surface area contributed by atoms with Crippen molar-refractivity contribution in [3.63, 3.8) is 0 Å². The van der Waals surface area contributed by atoms with Crippen LogP contribution in [0.3, 0.4) is 0 Å². The van der Waals surface area contributed by atoms with Crippen molar-refractivity contribution in [2.24, 2.45) is 0 Å². The zero-order valence-corrected chi connectivity index (χ0v) is 9.06. The highest BCUT2D eigenvalue weighted by Crippen LogP contribution is 2.25. The van der Waals surface area contributed by atoms with Gasteiger partial charge in [-0.15, -0.1) is 11.6 Å². The van der Waals surface area contributed by atoms with Crippen LogP contribution in [0.4, 0.5) is 0 Å². The number of hydrogen-bond acceptors (Lipinski definition) is 1. The molecule has 0 saturated carbocycles. The van der Waals surface area contributed by atoms with E-state index < -0.39 is 0 Å². The summed E-state index contributed by atoms with van der Waals surface area (Å²) in [5.41, 5.74) is 2.33. The van der Waals surface area contributed by atoms with Gasteiger partial charge >= 0.3 is 0 Å². The molecule has 0 N–H and O–H groups in total. The lowest BCUT2D eigenvalue weighted by molar-refractivity contribution is 0.410. The van der Waals surface area contributed by atoms with Crippen molar-refractivity contribution in [3.05, 3.63) is 29.3 Å². The van der Waals surface area contributed by atoms with Crippen molar-refractivity contribution >= 4 is 11.6 Å². The lowest BCUT2D eigenvalue weighted by Crippen LogP contribution is -1.93. The molecule has 0 aliphatic heterocycles. The van der Waals surface area contributed by atoms with Crippen molar-refractivity contribution < 1.29 is 4.74 Å². The second-order valence-electron chi connectivity index (χ2n) is 3.36. The fourth-order valence-electron chi connectivity index (χ4n) is 1.23. The van der Waals surface area contributed by atoms with Gasteiger partial charge in [-0.2, -0.15) is 0 Å². The molecule has 1 nitrogen and oxygen atoms in total. The van der Waals surface area contributed by atoms with Crippen LogP contribution in [-0.4, -0.2) is 7.11 Å². The maximum atomic E-state index is 5.76. The number of methoxy groups -OCH3 is 1. The van der Waals surface area contributed by atoms with Gasteiger partial charge in [0.2, 0.25) is 0 Å². The van der Waals surface area contributed by atoms with E-state index in [-0.39, 0.29) is 0 Å². The summed E-state index contributed by atoms with van der Waals surface area (Å²) in [6, 6.07) is 6.19. The fraction of sp³-hybridized carbons (Fsp3) is 0.455. The quantitative estimate of drug-likeness (QED) is 0.675. The van der Waals surface area contributed by atoms with Crippen molar-refractivity contribution in [3.8, 4) is 5.75 Å². The molecule has 0 aromatic heterocycles. The molecule has 0 radical (unpaired) electrons. The normalized spacial score (nSPS) is 10.5. The molecule has 0 heterocycles. The number of halogens is 1. The Kier molecular flexibility index (Phi) is 3.61. The van der Waals surface area contributed by atoms with Crippen LogP contribution >= 0.6 is 11.6 Å². The van der Waals surface area contributed by atoms with E-state index in [4.69, 9.17) is 16.3 Å². The summed E-state index contributed by atoms with van der Waals surface area (Å²) < 4.78 is 5.24. The van der Waals surface area contributed by atoms with Gasteiger partial charge < -0.3 is 4.74 Å². The number of hydrogen-bond donors (Lipinski definition) is 0. The Bertz CT molecular complexity index is 281. The monoisotopic (exact) mass is 198 g/mol. The zero-order chi connectivity index (χ0) is 9.84. The molecule has 0 fully saturated rings. The number of rotatable bonds is 3. The molecule has 0 unspecified atom stereocenters. The van der Waals surface area contributed by atoms with Crippen molar-refractivity contribution in [2.45, 2.75) is 25.6 Å². The van der Waals surface area contributed by atoms with Crippen molar-refractivity contribution in [2.75, 3.05) is 7.11 Å². The largest absolute Gasteiger partial charge is 0.496 e. The molecule has 2 heteroatoms. The van der Waals surface area contributed by atoms with Gasteiger partial charge in [-0.3, -0.25) is 0 Å². The molecule has 0 saturated heterocycles. The summed E-state index contributed by atoms with van der Waals surface area (Å²) in [7, 11) is 1.68. The molecule has 0 aliphatic rings. The molecule has 0 atom stereocenters. The van der Waals surface area contributed by atoms with E-state index in [1.165, 1.54) is 5.56 Å². The van der Waals surface area contributed by atoms with Crippen LogP contribution in [0, 0.1) is 0 Å². The summed E-state index contributed by atoms with van der Waals surface area (Å²) in [4.78, 5) is 0. The number of ether oxygens (including phenoxy) is 1. The molecule has 0 aliphatic carbocycles. The van der Waals surface area contributed by atoms with Gasteiger partial charge in [0.15, 0.2) is 0 Å². The highest BCUT2D eigenvalue weighted by Gasteiger charge is 2.05. The Morgan fingerprint density at radius 2 is 2.08 bits per heavy atom. The van der Waals surface area contributed by atoms with Crippen molar-refractivity contribution in [1.82, 2.24) is 0 Å². The number of benzene rings is 1. The summed E-state index contributed by atoms with van der Waals surface area (Å²) in [6.45, 7) is 4.32. The van der Waals surface area contributed by atoms with Gasteiger partial charge in [0, 0.05) is 5.56 Å². The molecule has 0 spiro atoms. The first-order valence-electron chi connectivity index (χ1n) is 4.41. The molecular weight excluding hydrogens is 184 g/mol. The van der Waals surface area contributed by atoms with Crippen LogP contribution in [0.1, 0.15) is 30.9 Å². The zero-order valence-electron chi connectivity index (χ0n) is 8.30. The molecule has 1 aromatic rings. The Morgan fingerprint density at radius 1 is 1.38 bits per heavy atom. The summed E-state index contributed by atoms with van der Waals surface area (Å²) in [5, 5.41) is 0. The van der Waals surface area contributed by atoms with E-state index in [1.54, 1.807) is 7.11 Å². The second kappa shape index (κ2) is 4.52. The fourth-order valence-corrected chi connectivity index (χ4v) is 1.45. The number of alkyl halides is 1. The van der Waals surface area contributed by atoms with Gasteiger partial charge in [0.1, 0.15) is 5.75 Å². The third kappa shape index (κ3) is 2.38. The van der Waals surface area contributed by atoms with Gasteiger partial charge in [0.25, 0.3) is 0 Å². The van der Waals surface area contributed by atoms with Crippen LogP contribution in [0.15, 0.2) is 18.2 Å². The third-order valence-corrected chi connectivity index (χ3v) is 2.41. The molecular formula is C11H15ClO. The van der Waals surface area contributed by atoms with E-state index >= 15 is 0 Å². The predicted octanol–water partition coefficient (Wildman–Crippen LogP) is 3.56. The third-order valence-electron chi connectivity index (χ3n) is 2.12. The van der Waals surface area contributed by atoms with E-state index in [2.05, 4.69) is 26.0 Å². The predicted molar refractivity (Wildman–Crippen MR) is 56.6 cm³/mol. The minimum absolute atomic E-state index is 0.502. The maximum absolute atomic E-state index is 5.76. The Labute approximate surface area is 84.7 Å². The SMILES string of the molecule is COc1cc(C(C)C)ccc1CCl. The Morgan fingerprint density at radius 3 is 2.54 bits per heavy atom. The van der Waals surface area contributed by atoms with Crippen LogP contribution in [0.2, 0.25) is 0 Å². The topological polar surface area (TPSA) is 9.23 Å². The molecule has 1 aromatic carbocycles. The minimum Gasteiger partial charge on any atom is -0.496 e. The smallest absolute Gasteiger partial charge is 0.123 e. The first-order chi connectivity index (χ1) is 6.19. The van der Waals surface area contributed by atoms with E-state index in [9.17, 15) is 0 Å². The minimum atomic E-state index is 0.502. The van der Waals surface area contributed by atoms with Crippen LogP contribution in [0.25, 0.3) is 0 Å². The highest BCUT2D eigenvalue weighted by molar-refractivity contribution is 6.17. The standard InChI is InChI=1S/C11H15ClO/c1-8(2)9-4-5-10(7-12)11(6-9)13-3/h4-6,8H,7H2,1-3H3. The lowest BCUT2D eigenvalue weighted by atomic mass is 10.0. The maximum Gasteiger partial charge on any atom is 0.123 e. The summed E-state index contributed by atoms with van der Waals surface area (Å²) in [5.74, 6) is 1.92. The van der Waals surface area contributed by atoms with Gasteiger partial charge in [0.05, 0.1) is 13.0 Å². The van der Waals surface area contributed by atoms with Crippen LogP contribution in [0.5, 0.6) is 5.75 Å². The second-order valence-corrected chi connectivity index (χ2v) is 3.63. The molecule has 72 valence electrons. The van der Waals surface area contributed by atoms with Crippen LogP contribution < -0.4 is 4.74 Å². The molecule has 13 heavy (non-hydrogen) atoms. The molecule has 0 amide bonds. The Hall–Kier alpha value is -0.690. The van der Waals surface area contributed by atoms with E-state index in [0.29, 0.717) is 11.8 Å².